The first-order chi connectivity index (χ1) is 20.9. The first-order valence-corrected chi connectivity index (χ1v) is 16.2. The predicted octanol–water partition coefficient (Wildman–Crippen LogP) is 5.34. The second kappa shape index (κ2) is 11.8. The van der Waals surface area contributed by atoms with Crippen LogP contribution in [0.2, 0.25) is 0 Å². The number of hydrogen-bond acceptors (Lipinski definition) is 7. The van der Waals surface area contributed by atoms with Gasteiger partial charge >= 0.3 is 6.03 Å². The number of anilines is 3. The monoisotopic (exact) mass is 583 g/mol. The molecule has 0 spiro atoms. The van der Waals surface area contributed by atoms with Crippen molar-refractivity contribution < 1.29 is 4.79 Å². The fraction of sp³-hybridized carbons (Fsp3) is 0.576. The minimum Gasteiger partial charge on any atom is -0.351 e. The summed E-state index contributed by atoms with van der Waals surface area (Å²) in [6.45, 7) is 0. The molecule has 0 radical (unpaired) electrons. The van der Waals surface area contributed by atoms with Gasteiger partial charge in [-0.05, 0) is 101 Å². The first kappa shape index (κ1) is 28.1. The molecule has 10 nitrogen and oxygen atoms in total. The summed E-state index contributed by atoms with van der Waals surface area (Å²) in [4.78, 5) is 24.4. The molecule has 4 aliphatic carbocycles. The summed E-state index contributed by atoms with van der Waals surface area (Å²) >= 11 is 0. The van der Waals surface area contributed by atoms with E-state index in [1.807, 2.05) is 6.07 Å². The van der Waals surface area contributed by atoms with E-state index in [0.29, 0.717) is 11.9 Å². The second-order valence-corrected chi connectivity index (χ2v) is 13.4. The highest BCUT2D eigenvalue weighted by Crippen LogP contribution is 2.50. The molecular weight excluding hydrogens is 538 g/mol. The molecule has 228 valence electrons. The van der Waals surface area contributed by atoms with Crippen LogP contribution in [0, 0.1) is 0 Å². The van der Waals surface area contributed by atoms with Crippen molar-refractivity contribution in [1.29, 1.82) is 0 Å². The van der Waals surface area contributed by atoms with Gasteiger partial charge in [0.25, 0.3) is 0 Å². The Labute approximate surface area is 254 Å². The Kier molecular flexibility index (Phi) is 7.71. The third kappa shape index (κ3) is 6.20. The van der Waals surface area contributed by atoms with Gasteiger partial charge in [0, 0.05) is 47.5 Å². The zero-order valence-electron chi connectivity index (χ0n) is 25.5. The molecule has 10 heteroatoms. The normalized spacial score (nSPS) is 24.5. The Balaban J connectivity index is 0.852. The third-order valence-corrected chi connectivity index (χ3v) is 10.3. The molecule has 1 aromatic carbocycles. The Morgan fingerprint density at radius 1 is 0.884 bits per heavy atom. The van der Waals surface area contributed by atoms with E-state index >= 15 is 0 Å². The minimum atomic E-state index is -0.0436. The van der Waals surface area contributed by atoms with Crippen molar-refractivity contribution in [2.24, 2.45) is 0 Å². The van der Waals surface area contributed by atoms with Crippen molar-refractivity contribution in [2.75, 3.05) is 24.7 Å². The van der Waals surface area contributed by atoms with Crippen LogP contribution in [0.5, 0.6) is 0 Å². The molecule has 1 atom stereocenters. The van der Waals surface area contributed by atoms with Crippen molar-refractivity contribution in [2.45, 2.75) is 107 Å². The van der Waals surface area contributed by atoms with Gasteiger partial charge in [-0.25, -0.2) is 9.78 Å². The third-order valence-electron chi connectivity index (χ3n) is 10.3. The number of fused-ring (bicyclic) bond motifs is 1. The van der Waals surface area contributed by atoms with Gasteiger partial charge in [-0.2, -0.15) is 10.1 Å². The van der Waals surface area contributed by atoms with Gasteiger partial charge < -0.3 is 21.3 Å². The summed E-state index contributed by atoms with van der Waals surface area (Å²) in [5.41, 5.74) is 5.61. The molecular formula is C33H45N9O. The number of carbonyl (C=O) groups excluding carboxylic acids is 1. The average molecular weight is 584 g/mol. The topological polar surface area (TPSA) is 123 Å². The Morgan fingerprint density at radius 3 is 2.40 bits per heavy atom. The summed E-state index contributed by atoms with van der Waals surface area (Å²) in [7, 11) is 4.35. The number of rotatable bonds is 9. The van der Waals surface area contributed by atoms with Gasteiger partial charge in [-0.1, -0.05) is 31.0 Å². The van der Waals surface area contributed by atoms with Crippen molar-refractivity contribution >= 4 is 23.6 Å². The Morgan fingerprint density at radius 2 is 1.63 bits per heavy atom. The molecule has 4 aliphatic rings. The van der Waals surface area contributed by atoms with Gasteiger partial charge in [0.2, 0.25) is 5.95 Å². The van der Waals surface area contributed by atoms with Gasteiger partial charge in [0.1, 0.15) is 5.82 Å². The van der Waals surface area contributed by atoms with Crippen LogP contribution in [-0.2, 0) is 18.4 Å². The Hall–Kier alpha value is -3.66. The molecule has 3 saturated carbocycles. The van der Waals surface area contributed by atoms with E-state index < -0.39 is 0 Å². The average Bonchev–Trinajstić information content (AvgIpc) is 3.29. The van der Waals surface area contributed by atoms with Crippen molar-refractivity contribution in [3.05, 3.63) is 58.9 Å². The highest BCUT2D eigenvalue weighted by Gasteiger charge is 2.46. The SMILES string of the molecule is CN(C)C1(c2ccc3c(c2)CC(NC(=O)N[C@H]2CC[C@H](Nc4nccc(Nc5cc(C6CCCC6)[nH]n5)n4)CC2)C3)CC1. The molecule has 2 amide bonds. The lowest BCUT2D eigenvalue weighted by atomic mass is 9.91. The molecule has 3 aromatic rings. The number of H-pyrrole nitrogens is 1. The van der Waals surface area contributed by atoms with E-state index in [0.717, 1.165) is 50.2 Å². The number of hydrogen-bond donors (Lipinski definition) is 5. The van der Waals surface area contributed by atoms with Crippen molar-refractivity contribution in [3.8, 4) is 0 Å². The maximum absolute atomic E-state index is 12.9. The van der Waals surface area contributed by atoms with Crippen LogP contribution in [0.3, 0.4) is 0 Å². The Bertz CT molecular complexity index is 1430. The predicted molar refractivity (Wildman–Crippen MR) is 169 cm³/mol. The lowest BCUT2D eigenvalue weighted by molar-refractivity contribution is 0.228. The van der Waals surface area contributed by atoms with Gasteiger partial charge in [-0.3, -0.25) is 10.00 Å². The summed E-state index contributed by atoms with van der Waals surface area (Å²) < 4.78 is 0. The molecule has 5 N–H and O–H groups in total. The summed E-state index contributed by atoms with van der Waals surface area (Å²) in [5, 5.41) is 20.9. The van der Waals surface area contributed by atoms with Crippen molar-refractivity contribution in [3.63, 3.8) is 0 Å². The highest BCUT2D eigenvalue weighted by atomic mass is 16.2. The number of aromatic nitrogens is 4. The van der Waals surface area contributed by atoms with Crippen LogP contribution in [0.4, 0.5) is 22.4 Å². The minimum absolute atomic E-state index is 0.0436. The summed E-state index contributed by atoms with van der Waals surface area (Å²) in [5.74, 6) is 2.73. The first-order valence-electron chi connectivity index (χ1n) is 16.2. The van der Waals surface area contributed by atoms with E-state index in [4.69, 9.17) is 0 Å². The number of amides is 2. The van der Waals surface area contributed by atoms with Gasteiger partial charge in [-0.15, -0.1) is 0 Å². The van der Waals surface area contributed by atoms with E-state index in [9.17, 15) is 4.79 Å². The smallest absolute Gasteiger partial charge is 0.315 e. The molecule has 2 heterocycles. The van der Waals surface area contributed by atoms with Crippen LogP contribution in [0.15, 0.2) is 36.5 Å². The highest BCUT2D eigenvalue weighted by molar-refractivity contribution is 5.75. The molecule has 1 unspecified atom stereocenters. The number of aromatic amines is 1. The molecule has 7 rings (SSSR count). The van der Waals surface area contributed by atoms with Crippen LogP contribution < -0.4 is 21.3 Å². The standard InChI is InChI=1S/C33H45N9O/c1-42(2)33(14-15-33)24-8-7-22-18-27(19-23(22)17-24)37-32(43)36-26-11-9-25(10-12-26)35-31-34-16-13-29(39-31)38-30-20-28(40-41-30)21-5-3-4-6-21/h7-8,13,16-17,20-21,25-27H,3-6,9-12,14-15,18-19H2,1-2H3,(H2,36,37,43)(H3,34,35,38,39,40,41)/t25-,26-,27?. The summed E-state index contributed by atoms with van der Waals surface area (Å²) in [6.07, 6.45) is 14.9. The zero-order chi connectivity index (χ0) is 29.4. The number of nitrogens with one attached hydrogen (secondary N) is 5. The number of urea groups is 1. The number of benzene rings is 1. The molecule has 0 bridgehead atoms. The quantitative estimate of drug-likeness (QED) is 0.230. The van der Waals surface area contributed by atoms with Crippen LogP contribution >= 0.6 is 0 Å². The fourth-order valence-electron chi connectivity index (χ4n) is 7.57. The molecule has 3 fully saturated rings. The van der Waals surface area contributed by atoms with Crippen LogP contribution in [0.1, 0.15) is 92.5 Å². The number of nitrogens with zero attached hydrogens (tertiary/aromatic N) is 4. The largest absolute Gasteiger partial charge is 0.351 e. The van der Waals surface area contributed by atoms with Gasteiger partial charge in [0.05, 0.1) is 0 Å². The van der Waals surface area contributed by atoms with Crippen LogP contribution in [0.25, 0.3) is 0 Å². The van der Waals surface area contributed by atoms with E-state index in [-0.39, 0.29) is 29.7 Å². The van der Waals surface area contributed by atoms with E-state index in [1.165, 1.54) is 60.9 Å². The van der Waals surface area contributed by atoms with E-state index in [2.05, 4.69) is 84.7 Å². The van der Waals surface area contributed by atoms with Crippen molar-refractivity contribution in [1.82, 2.24) is 35.7 Å². The lowest BCUT2D eigenvalue weighted by Crippen LogP contribution is -2.48. The summed E-state index contributed by atoms with van der Waals surface area (Å²) in [6, 6.07) is 11.5. The second-order valence-electron chi connectivity index (χ2n) is 13.4. The fourth-order valence-corrected chi connectivity index (χ4v) is 7.57. The number of carbonyl (C=O) groups is 1. The molecule has 0 saturated heterocycles. The van der Waals surface area contributed by atoms with E-state index in [1.54, 1.807) is 6.20 Å². The maximum atomic E-state index is 12.9. The lowest BCUT2D eigenvalue weighted by Gasteiger charge is -2.30. The van der Waals surface area contributed by atoms with Crippen LogP contribution in [-0.4, -0.2) is 63.3 Å². The maximum Gasteiger partial charge on any atom is 0.315 e. The van der Waals surface area contributed by atoms with Gasteiger partial charge in [0.15, 0.2) is 5.82 Å². The molecule has 43 heavy (non-hydrogen) atoms. The molecule has 2 aromatic heterocycles. The zero-order valence-corrected chi connectivity index (χ0v) is 25.5. The molecule has 0 aliphatic heterocycles.